The highest BCUT2D eigenvalue weighted by Crippen LogP contribution is 2.31. The summed E-state index contributed by atoms with van der Waals surface area (Å²) in [5, 5.41) is 0.363. The summed E-state index contributed by atoms with van der Waals surface area (Å²) in [6.45, 7) is 3.93. The Morgan fingerprint density at radius 3 is 2.90 bits per heavy atom. The van der Waals surface area contributed by atoms with Crippen molar-refractivity contribution in [3.8, 4) is 0 Å². The van der Waals surface area contributed by atoms with Crippen molar-refractivity contribution in [3.05, 3.63) is 22.5 Å². The van der Waals surface area contributed by atoms with E-state index in [4.69, 9.17) is 23.2 Å². The van der Waals surface area contributed by atoms with Crippen LogP contribution in [0.3, 0.4) is 0 Å². The number of fused-ring (bicyclic) bond motifs is 1. The monoisotopic (exact) mass is 314 g/mol. The third-order valence-corrected chi connectivity index (χ3v) is 3.98. The van der Waals surface area contributed by atoms with Crippen LogP contribution in [0.5, 0.6) is 0 Å². The maximum absolute atomic E-state index is 14.0. The van der Waals surface area contributed by atoms with Gasteiger partial charge in [-0.25, -0.2) is 14.4 Å². The number of hydrogen-bond donors (Lipinski definition) is 0. The average molecular weight is 315 g/mol. The lowest BCUT2D eigenvalue weighted by Gasteiger charge is -2.32. The fraction of sp³-hybridized carbons (Fsp3) is 0.462. The lowest BCUT2D eigenvalue weighted by molar-refractivity contribution is 0.445. The summed E-state index contributed by atoms with van der Waals surface area (Å²) in [6, 6.07) is 0. The van der Waals surface area contributed by atoms with Crippen LogP contribution < -0.4 is 4.90 Å². The topological polar surface area (TPSA) is 41.9 Å². The molecule has 0 bridgehead atoms. The number of halogens is 3. The first-order valence-corrected chi connectivity index (χ1v) is 7.24. The van der Waals surface area contributed by atoms with Gasteiger partial charge < -0.3 is 4.90 Å². The molecule has 0 aliphatic carbocycles. The minimum atomic E-state index is -0.653. The quantitative estimate of drug-likeness (QED) is 0.594. The summed E-state index contributed by atoms with van der Waals surface area (Å²) in [6.07, 6.45) is 3.77. The summed E-state index contributed by atoms with van der Waals surface area (Å²) in [7, 11) is 0. The highest BCUT2D eigenvalue weighted by atomic mass is 35.5. The third-order valence-electron chi connectivity index (χ3n) is 3.55. The van der Waals surface area contributed by atoms with Gasteiger partial charge in [-0.1, -0.05) is 18.5 Å². The van der Waals surface area contributed by atoms with Crippen molar-refractivity contribution in [2.45, 2.75) is 19.8 Å². The van der Waals surface area contributed by atoms with E-state index in [2.05, 4.69) is 26.8 Å². The number of piperidine rings is 1. The Bertz CT molecular complexity index is 664. The predicted molar refractivity (Wildman–Crippen MR) is 77.9 cm³/mol. The number of aromatic nitrogens is 3. The molecule has 0 spiro atoms. The summed E-state index contributed by atoms with van der Waals surface area (Å²) in [5.41, 5.74) is 0.123. The second-order valence-electron chi connectivity index (χ2n) is 5.13. The van der Waals surface area contributed by atoms with Crippen molar-refractivity contribution in [2.75, 3.05) is 18.0 Å². The predicted octanol–water partition coefficient (Wildman–Crippen LogP) is 3.71. The summed E-state index contributed by atoms with van der Waals surface area (Å²) in [5.74, 6) is 0.548. The van der Waals surface area contributed by atoms with E-state index in [1.54, 1.807) is 0 Å². The standard InChI is InChI=1S/C13H13Cl2FN4/c1-7-3-2-4-20(6-7)12-8-5-17-11(14)9(16)10(8)18-13(15)19-12/h5,7H,2-4,6H2,1H3/t7-/m0/s1. The van der Waals surface area contributed by atoms with Crippen LogP contribution in [-0.4, -0.2) is 28.0 Å². The second kappa shape index (κ2) is 5.30. The minimum Gasteiger partial charge on any atom is -0.356 e. The normalized spacial score (nSPS) is 19.6. The van der Waals surface area contributed by atoms with E-state index in [0.29, 0.717) is 17.1 Å². The first-order chi connectivity index (χ1) is 9.56. The van der Waals surface area contributed by atoms with Gasteiger partial charge in [0.25, 0.3) is 0 Å². The van der Waals surface area contributed by atoms with Crippen LogP contribution in [0.15, 0.2) is 6.20 Å². The lowest BCUT2D eigenvalue weighted by Crippen LogP contribution is -2.35. The van der Waals surface area contributed by atoms with Crippen LogP contribution in [-0.2, 0) is 0 Å². The van der Waals surface area contributed by atoms with E-state index in [1.807, 2.05) is 0 Å². The zero-order valence-electron chi connectivity index (χ0n) is 10.9. The fourth-order valence-corrected chi connectivity index (χ4v) is 2.92. The molecule has 0 saturated carbocycles. The molecule has 1 aliphatic heterocycles. The molecular formula is C13H13Cl2FN4. The summed E-state index contributed by atoms with van der Waals surface area (Å²) < 4.78 is 14.0. The Balaban J connectivity index is 2.17. The van der Waals surface area contributed by atoms with Crippen molar-refractivity contribution in [1.29, 1.82) is 0 Å². The first-order valence-electron chi connectivity index (χ1n) is 6.48. The molecule has 2 aromatic rings. The van der Waals surface area contributed by atoms with E-state index >= 15 is 0 Å². The molecule has 1 saturated heterocycles. The minimum absolute atomic E-state index is 0.0203. The van der Waals surface area contributed by atoms with E-state index < -0.39 is 5.82 Å². The Kier molecular flexibility index (Phi) is 3.65. The van der Waals surface area contributed by atoms with Gasteiger partial charge in [-0.15, -0.1) is 0 Å². The molecule has 1 aliphatic rings. The van der Waals surface area contributed by atoms with Gasteiger partial charge in [0.2, 0.25) is 5.28 Å². The SMILES string of the molecule is C[C@H]1CCCN(c2nc(Cl)nc3c(F)c(Cl)ncc23)C1. The maximum Gasteiger partial charge on any atom is 0.225 e. The van der Waals surface area contributed by atoms with Gasteiger partial charge in [-0.3, -0.25) is 0 Å². The van der Waals surface area contributed by atoms with E-state index in [9.17, 15) is 4.39 Å². The third kappa shape index (κ3) is 2.40. The number of anilines is 1. The van der Waals surface area contributed by atoms with Crippen molar-refractivity contribution in [1.82, 2.24) is 15.0 Å². The molecule has 1 fully saturated rings. The van der Waals surface area contributed by atoms with Crippen LogP contribution >= 0.6 is 23.2 Å². The molecule has 106 valence electrons. The molecule has 0 radical (unpaired) electrons. The highest BCUT2D eigenvalue weighted by molar-refractivity contribution is 6.30. The van der Waals surface area contributed by atoms with Crippen LogP contribution in [0.1, 0.15) is 19.8 Å². The Morgan fingerprint density at radius 1 is 1.35 bits per heavy atom. The fourth-order valence-electron chi connectivity index (χ4n) is 2.62. The van der Waals surface area contributed by atoms with E-state index in [1.165, 1.54) is 12.6 Å². The van der Waals surface area contributed by atoms with Crippen LogP contribution in [0.2, 0.25) is 10.4 Å². The molecule has 2 aromatic heterocycles. The first kappa shape index (κ1) is 13.8. The van der Waals surface area contributed by atoms with Crippen LogP contribution in [0.4, 0.5) is 10.2 Å². The Labute approximate surface area is 125 Å². The Hall–Kier alpha value is -1.20. The van der Waals surface area contributed by atoms with Crippen LogP contribution in [0, 0.1) is 11.7 Å². The number of nitrogens with zero attached hydrogens (tertiary/aromatic N) is 4. The van der Waals surface area contributed by atoms with Gasteiger partial charge in [0.1, 0.15) is 11.3 Å². The molecule has 3 heterocycles. The van der Waals surface area contributed by atoms with Gasteiger partial charge in [-0.05, 0) is 30.4 Å². The van der Waals surface area contributed by atoms with Crippen molar-refractivity contribution in [3.63, 3.8) is 0 Å². The molecule has 7 heteroatoms. The smallest absolute Gasteiger partial charge is 0.225 e. The van der Waals surface area contributed by atoms with E-state index in [0.717, 1.165) is 19.5 Å². The van der Waals surface area contributed by atoms with Crippen molar-refractivity contribution >= 4 is 39.9 Å². The maximum atomic E-state index is 14.0. The van der Waals surface area contributed by atoms with Gasteiger partial charge in [0, 0.05) is 19.3 Å². The Morgan fingerprint density at radius 2 is 2.15 bits per heavy atom. The summed E-state index contributed by atoms with van der Waals surface area (Å²) >= 11 is 11.6. The molecule has 1 atom stereocenters. The number of hydrogen-bond acceptors (Lipinski definition) is 4. The molecule has 4 nitrogen and oxygen atoms in total. The molecule has 20 heavy (non-hydrogen) atoms. The lowest BCUT2D eigenvalue weighted by atomic mass is 10.0. The molecule has 3 rings (SSSR count). The van der Waals surface area contributed by atoms with Crippen molar-refractivity contribution < 1.29 is 4.39 Å². The molecule has 0 N–H and O–H groups in total. The van der Waals surface area contributed by atoms with E-state index in [-0.39, 0.29) is 16.0 Å². The molecule has 0 unspecified atom stereocenters. The second-order valence-corrected chi connectivity index (χ2v) is 5.83. The van der Waals surface area contributed by atoms with Gasteiger partial charge in [-0.2, -0.15) is 4.98 Å². The largest absolute Gasteiger partial charge is 0.356 e. The van der Waals surface area contributed by atoms with Crippen molar-refractivity contribution in [2.24, 2.45) is 5.92 Å². The zero-order valence-corrected chi connectivity index (χ0v) is 12.4. The molecule has 0 amide bonds. The average Bonchev–Trinajstić information content (AvgIpc) is 2.43. The van der Waals surface area contributed by atoms with Gasteiger partial charge in [0.05, 0.1) is 5.39 Å². The summed E-state index contributed by atoms with van der Waals surface area (Å²) in [4.78, 5) is 14.2. The number of pyridine rings is 1. The van der Waals surface area contributed by atoms with Gasteiger partial charge in [0.15, 0.2) is 11.0 Å². The molecule has 0 aromatic carbocycles. The number of rotatable bonds is 1. The zero-order chi connectivity index (χ0) is 14.3. The van der Waals surface area contributed by atoms with Gasteiger partial charge >= 0.3 is 0 Å². The van der Waals surface area contributed by atoms with Crippen LogP contribution in [0.25, 0.3) is 10.9 Å². The molecular weight excluding hydrogens is 302 g/mol. The highest BCUT2D eigenvalue weighted by Gasteiger charge is 2.22.